The predicted octanol–water partition coefficient (Wildman–Crippen LogP) is 3.21. The first-order valence-electron chi connectivity index (χ1n) is 12.2. The number of benzene rings is 2. The first-order valence-corrected chi connectivity index (χ1v) is 14.1. The molecule has 10 nitrogen and oxygen atoms in total. The first-order chi connectivity index (χ1) is 18.8. The van der Waals surface area contributed by atoms with Crippen LogP contribution in [0.3, 0.4) is 0 Å². The van der Waals surface area contributed by atoms with Crippen LogP contribution >= 0.6 is 0 Å². The van der Waals surface area contributed by atoms with Crippen LogP contribution in [-0.4, -0.2) is 57.8 Å². The molecule has 4 N–H and O–H groups in total. The van der Waals surface area contributed by atoms with Crippen LogP contribution in [0.4, 0.5) is 18.9 Å². The average Bonchev–Trinajstić information content (AvgIpc) is 3.45. The van der Waals surface area contributed by atoms with E-state index in [0.29, 0.717) is 16.9 Å². The third-order valence-corrected chi connectivity index (χ3v) is 8.00. The van der Waals surface area contributed by atoms with Crippen molar-refractivity contribution in [2.24, 2.45) is 11.5 Å². The molecule has 4 aromatic rings. The molecule has 0 bridgehead atoms. The van der Waals surface area contributed by atoms with Crippen molar-refractivity contribution in [2.45, 2.75) is 43.0 Å². The number of anilines is 1. The Hall–Kier alpha value is -3.85. The Labute approximate surface area is 229 Å². The molecular formula is C26H27F3N8O2S. The molecule has 0 radical (unpaired) electrons. The van der Waals surface area contributed by atoms with Gasteiger partial charge in [-0.3, -0.25) is 5.73 Å². The van der Waals surface area contributed by atoms with Crippen LogP contribution in [0, 0.1) is 0 Å². The SMILES string of the molecule is CC(N1C(N)c2nc(-c3cccc(S(C)(=O)=O)c3)ccc2N(Cc2ccc(-n3cncn3)cc2)C1N)C(F)(F)F. The lowest BCUT2D eigenvalue weighted by molar-refractivity contribution is -0.193. The van der Waals surface area contributed by atoms with E-state index in [1.54, 1.807) is 40.2 Å². The van der Waals surface area contributed by atoms with Crippen molar-refractivity contribution in [2.75, 3.05) is 11.2 Å². The van der Waals surface area contributed by atoms with Crippen LogP contribution in [0.1, 0.15) is 24.3 Å². The van der Waals surface area contributed by atoms with E-state index in [0.717, 1.165) is 29.3 Å². The third-order valence-electron chi connectivity index (χ3n) is 6.89. The Bertz CT molecular complexity index is 1610. The van der Waals surface area contributed by atoms with E-state index in [-0.39, 0.29) is 17.1 Å². The maximum Gasteiger partial charge on any atom is 0.403 e. The molecule has 0 fully saturated rings. The Morgan fingerprint density at radius 1 is 1.05 bits per heavy atom. The molecule has 2 aromatic heterocycles. The summed E-state index contributed by atoms with van der Waals surface area (Å²) in [6.45, 7) is 1.18. The number of nitrogens with two attached hydrogens (primary N) is 2. The largest absolute Gasteiger partial charge is 0.403 e. The topological polar surface area (TPSA) is 136 Å². The highest BCUT2D eigenvalue weighted by Gasteiger charge is 2.48. The Kier molecular flexibility index (Phi) is 7.12. The quantitative estimate of drug-likeness (QED) is 0.357. The molecule has 1 aliphatic rings. The molecule has 1 aliphatic heterocycles. The van der Waals surface area contributed by atoms with Gasteiger partial charge in [-0.2, -0.15) is 18.3 Å². The van der Waals surface area contributed by atoms with Gasteiger partial charge in [-0.15, -0.1) is 0 Å². The van der Waals surface area contributed by atoms with Gasteiger partial charge in [0.05, 0.1) is 27.7 Å². The Morgan fingerprint density at radius 3 is 2.40 bits per heavy atom. The fourth-order valence-corrected chi connectivity index (χ4v) is 5.36. The predicted molar refractivity (Wildman–Crippen MR) is 143 cm³/mol. The molecule has 0 amide bonds. The van der Waals surface area contributed by atoms with Crippen molar-refractivity contribution in [3.05, 3.63) is 84.6 Å². The number of hydrogen-bond acceptors (Lipinski definition) is 9. The zero-order chi connectivity index (χ0) is 28.8. The van der Waals surface area contributed by atoms with Crippen LogP contribution in [0.15, 0.2) is 78.2 Å². The highest BCUT2D eigenvalue weighted by atomic mass is 32.2. The van der Waals surface area contributed by atoms with Crippen molar-refractivity contribution in [3.8, 4) is 16.9 Å². The summed E-state index contributed by atoms with van der Waals surface area (Å²) in [4.78, 5) is 11.3. The maximum absolute atomic E-state index is 13.9. The van der Waals surface area contributed by atoms with Crippen LogP contribution in [0.25, 0.3) is 16.9 Å². The number of hydrogen-bond donors (Lipinski definition) is 2. The zero-order valence-corrected chi connectivity index (χ0v) is 22.4. The molecule has 0 saturated carbocycles. The van der Waals surface area contributed by atoms with E-state index in [9.17, 15) is 21.6 Å². The highest BCUT2D eigenvalue weighted by molar-refractivity contribution is 7.90. The van der Waals surface area contributed by atoms with Gasteiger partial charge in [0, 0.05) is 18.4 Å². The lowest BCUT2D eigenvalue weighted by Crippen LogP contribution is -2.65. The van der Waals surface area contributed by atoms with E-state index in [1.807, 2.05) is 24.3 Å². The van der Waals surface area contributed by atoms with Crippen molar-refractivity contribution in [1.82, 2.24) is 24.6 Å². The maximum atomic E-state index is 13.9. The second-order valence-corrected chi connectivity index (χ2v) is 11.6. The van der Waals surface area contributed by atoms with Crippen LogP contribution < -0.4 is 16.4 Å². The molecule has 2 aromatic carbocycles. The number of aromatic nitrogens is 4. The van der Waals surface area contributed by atoms with Crippen molar-refractivity contribution in [1.29, 1.82) is 0 Å². The van der Waals surface area contributed by atoms with Gasteiger partial charge < -0.3 is 10.6 Å². The van der Waals surface area contributed by atoms with Gasteiger partial charge in [-0.05, 0) is 48.9 Å². The van der Waals surface area contributed by atoms with Crippen LogP contribution in [0.5, 0.6) is 0 Å². The summed E-state index contributed by atoms with van der Waals surface area (Å²) in [6.07, 6.45) is -3.02. The number of rotatable bonds is 6. The van der Waals surface area contributed by atoms with E-state index in [1.165, 1.54) is 18.5 Å². The second kappa shape index (κ2) is 10.3. The number of pyridine rings is 1. The molecular weight excluding hydrogens is 545 g/mol. The van der Waals surface area contributed by atoms with Crippen LogP contribution in [0.2, 0.25) is 0 Å². The standard InChI is InChI=1S/C26H27F3N8O2S/c1-16(26(27,28)29)37-24(30)23-22(11-10-21(34-23)18-4-3-5-20(12-18)40(2,38)39)35(25(37)31)13-17-6-8-19(9-7-17)36-15-32-14-33-36/h3-12,14-16,24-25H,13,30-31H2,1-2H3. The molecule has 0 aliphatic carbocycles. The van der Waals surface area contributed by atoms with Gasteiger partial charge in [0.25, 0.3) is 0 Å². The van der Waals surface area contributed by atoms with Crippen molar-refractivity contribution >= 4 is 15.5 Å². The van der Waals surface area contributed by atoms with E-state index in [2.05, 4.69) is 15.1 Å². The molecule has 40 heavy (non-hydrogen) atoms. The van der Waals surface area contributed by atoms with Gasteiger partial charge in [0.1, 0.15) is 31.2 Å². The lowest BCUT2D eigenvalue weighted by Gasteiger charge is -2.49. The summed E-state index contributed by atoms with van der Waals surface area (Å²) < 4.78 is 67.5. The summed E-state index contributed by atoms with van der Waals surface area (Å²) in [5.74, 6) is 0. The molecule has 210 valence electrons. The van der Waals surface area contributed by atoms with E-state index >= 15 is 0 Å². The summed E-state index contributed by atoms with van der Waals surface area (Å²) in [7, 11) is -3.49. The summed E-state index contributed by atoms with van der Waals surface area (Å²) in [5, 5.41) is 4.09. The Balaban J connectivity index is 1.56. The fraction of sp³-hybridized carbons (Fsp3) is 0.269. The summed E-state index contributed by atoms with van der Waals surface area (Å²) >= 11 is 0. The van der Waals surface area contributed by atoms with Crippen molar-refractivity contribution < 1.29 is 21.6 Å². The minimum atomic E-state index is -4.60. The molecule has 3 unspecified atom stereocenters. The average molecular weight is 573 g/mol. The summed E-state index contributed by atoms with van der Waals surface area (Å²) in [6, 6.07) is 14.9. The number of nitrogens with zero attached hydrogens (tertiary/aromatic N) is 6. The smallest absolute Gasteiger partial charge is 0.337 e. The molecule has 0 saturated heterocycles. The monoisotopic (exact) mass is 572 g/mol. The van der Waals surface area contributed by atoms with E-state index < -0.39 is 34.5 Å². The van der Waals surface area contributed by atoms with Gasteiger partial charge >= 0.3 is 6.18 Å². The number of halogens is 3. The number of fused-ring (bicyclic) bond motifs is 1. The highest BCUT2D eigenvalue weighted by Crippen LogP contribution is 2.40. The van der Waals surface area contributed by atoms with Gasteiger partial charge in [0.15, 0.2) is 9.84 Å². The molecule has 3 atom stereocenters. The fourth-order valence-electron chi connectivity index (χ4n) is 4.69. The molecule has 5 rings (SSSR count). The minimum absolute atomic E-state index is 0.0964. The van der Waals surface area contributed by atoms with Gasteiger partial charge in [0.2, 0.25) is 0 Å². The van der Waals surface area contributed by atoms with Crippen molar-refractivity contribution in [3.63, 3.8) is 0 Å². The molecule has 3 heterocycles. The normalized spacial score (nSPS) is 18.9. The van der Waals surface area contributed by atoms with Gasteiger partial charge in [-0.1, -0.05) is 24.3 Å². The number of sulfone groups is 1. The second-order valence-electron chi connectivity index (χ2n) is 9.56. The Morgan fingerprint density at radius 2 is 1.77 bits per heavy atom. The van der Waals surface area contributed by atoms with E-state index in [4.69, 9.17) is 11.5 Å². The third kappa shape index (κ3) is 5.30. The minimum Gasteiger partial charge on any atom is -0.337 e. The molecule has 14 heteroatoms. The van der Waals surface area contributed by atoms with Crippen LogP contribution in [-0.2, 0) is 16.4 Å². The summed E-state index contributed by atoms with van der Waals surface area (Å²) in [5.41, 5.74) is 15.9. The number of alkyl halides is 3. The lowest BCUT2D eigenvalue weighted by atomic mass is 10.0. The van der Waals surface area contributed by atoms with Gasteiger partial charge in [-0.25, -0.2) is 28.0 Å². The first kappa shape index (κ1) is 27.7. The molecule has 0 spiro atoms. The zero-order valence-electron chi connectivity index (χ0n) is 21.6.